The number of ether oxygens (including phenoxy) is 1. The van der Waals surface area contributed by atoms with Gasteiger partial charge in [0.1, 0.15) is 5.60 Å². The summed E-state index contributed by atoms with van der Waals surface area (Å²) in [6.07, 6.45) is 2.64. The van der Waals surface area contributed by atoms with Crippen molar-refractivity contribution in [1.82, 2.24) is 20.5 Å². The fourth-order valence-electron chi connectivity index (χ4n) is 3.23. The topological polar surface area (TPSA) is 130 Å². The lowest BCUT2D eigenvalue weighted by Crippen LogP contribution is -2.57. The minimum Gasteiger partial charge on any atom is -0.444 e. The molecule has 3 amide bonds. The number of pyridine rings is 1. The zero-order chi connectivity index (χ0) is 24.1. The maximum Gasteiger partial charge on any atom is 0.411 e. The Morgan fingerprint density at radius 1 is 1.21 bits per heavy atom. The molecule has 1 saturated heterocycles. The second-order valence-electron chi connectivity index (χ2n) is 8.57. The maximum absolute atomic E-state index is 13.3. The van der Waals surface area contributed by atoms with Gasteiger partial charge in [-0.1, -0.05) is 6.07 Å². The number of carbonyl (C=O) groups excluding carboxylic acids is 2. The number of nitrogens with zero attached hydrogens (tertiary/aromatic N) is 2. The number of hydrogen-bond acceptors (Lipinski definition) is 7. The van der Waals surface area contributed by atoms with Crippen molar-refractivity contribution < 1.29 is 22.7 Å². The molecule has 178 valence electrons. The third-order valence-corrected chi connectivity index (χ3v) is 6.87. The Hall–Kier alpha value is -3.18. The first kappa shape index (κ1) is 24.5. The van der Waals surface area contributed by atoms with Crippen molar-refractivity contribution in [3.8, 4) is 0 Å². The molecule has 2 aromatic rings. The third kappa shape index (κ3) is 6.65. The molecular formula is C22H29N5O5S. The van der Waals surface area contributed by atoms with Crippen molar-refractivity contribution in [3.63, 3.8) is 0 Å². The molecule has 1 aromatic carbocycles. The molecule has 0 aliphatic carbocycles. The largest absolute Gasteiger partial charge is 0.444 e. The lowest BCUT2D eigenvalue weighted by molar-refractivity contribution is 0.0193. The van der Waals surface area contributed by atoms with E-state index < -0.39 is 32.9 Å². The van der Waals surface area contributed by atoms with E-state index in [2.05, 4.69) is 20.9 Å². The lowest BCUT2D eigenvalue weighted by atomic mass is 10.2. The number of aromatic nitrogens is 1. The van der Waals surface area contributed by atoms with Gasteiger partial charge in [-0.25, -0.2) is 18.0 Å². The zero-order valence-corrected chi connectivity index (χ0v) is 19.7. The van der Waals surface area contributed by atoms with Crippen molar-refractivity contribution in [1.29, 1.82) is 0 Å². The summed E-state index contributed by atoms with van der Waals surface area (Å²) in [6, 6.07) is 9.02. The molecule has 0 radical (unpaired) electrons. The van der Waals surface area contributed by atoms with Crippen molar-refractivity contribution in [2.24, 2.45) is 0 Å². The predicted molar refractivity (Wildman–Crippen MR) is 123 cm³/mol. The Bertz CT molecular complexity index is 1070. The summed E-state index contributed by atoms with van der Waals surface area (Å²) in [7, 11) is -3.88. The van der Waals surface area contributed by atoms with Crippen molar-refractivity contribution >= 4 is 27.6 Å². The first-order valence-corrected chi connectivity index (χ1v) is 12.1. The molecule has 0 spiro atoms. The van der Waals surface area contributed by atoms with Crippen LogP contribution in [0, 0.1) is 0 Å². The van der Waals surface area contributed by atoms with Crippen molar-refractivity contribution in [2.45, 2.75) is 43.2 Å². The van der Waals surface area contributed by atoms with E-state index in [0.717, 1.165) is 5.56 Å². The number of anilines is 1. The second kappa shape index (κ2) is 10.2. The van der Waals surface area contributed by atoms with Gasteiger partial charge in [-0.15, -0.1) is 0 Å². The Balaban J connectivity index is 1.66. The van der Waals surface area contributed by atoms with E-state index in [-0.39, 0.29) is 18.0 Å². The van der Waals surface area contributed by atoms with Crippen LogP contribution in [0.15, 0.2) is 53.7 Å². The van der Waals surface area contributed by atoms with Gasteiger partial charge < -0.3 is 20.7 Å². The maximum atomic E-state index is 13.3. The normalized spacial score (nSPS) is 16.7. The van der Waals surface area contributed by atoms with Crippen LogP contribution in [0.1, 0.15) is 26.3 Å². The summed E-state index contributed by atoms with van der Waals surface area (Å²) >= 11 is 0. The Kier molecular flexibility index (Phi) is 7.54. The predicted octanol–water partition coefficient (Wildman–Crippen LogP) is 2.34. The highest BCUT2D eigenvalue weighted by molar-refractivity contribution is 7.92. The van der Waals surface area contributed by atoms with Gasteiger partial charge in [-0.05, 0) is 56.7 Å². The first-order valence-electron chi connectivity index (χ1n) is 10.5. The van der Waals surface area contributed by atoms with Gasteiger partial charge >= 0.3 is 12.1 Å². The molecule has 1 unspecified atom stereocenters. The van der Waals surface area contributed by atoms with Crippen LogP contribution in [-0.2, 0) is 21.1 Å². The number of rotatable bonds is 5. The number of nitrogens with one attached hydrogen (secondary N) is 3. The second-order valence-corrected chi connectivity index (χ2v) is 10.7. The molecule has 1 atom stereocenters. The zero-order valence-electron chi connectivity index (χ0n) is 18.9. The van der Waals surface area contributed by atoms with Crippen LogP contribution in [-0.4, -0.2) is 61.0 Å². The molecule has 1 aliphatic rings. The number of sulfone groups is 1. The number of piperazine rings is 1. The molecule has 0 saturated carbocycles. The lowest BCUT2D eigenvalue weighted by Gasteiger charge is -2.36. The van der Waals surface area contributed by atoms with Gasteiger partial charge in [0, 0.05) is 44.3 Å². The Morgan fingerprint density at radius 3 is 2.58 bits per heavy atom. The van der Waals surface area contributed by atoms with Crippen LogP contribution in [0.3, 0.4) is 0 Å². The number of hydrogen-bond donors (Lipinski definition) is 3. The minimum absolute atomic E-state index is 0.0473. The van der Waals surface area contributed by atoms with Crippen LogP contribution in [0.2, 0.25) is 0 Å². The highest BCUT2D eigenvalue weighted by Gasteiger charge is 2.39. The summed E-state index contributed by atoms with van der Waals surface area (Å²) in [5.74, 6) is 0. The van der Waals surface area contributed by atoms with E-state index in [0.29, 0.717) is 18.8 Å². The number of benzene rings is 1. The smallest absolute Gasteiger partial charge is 0.411 e. The molecular weight excluding hydrogens is 446 g/mol. The van der Waals surface area contributed by atoms with Gasteiger partial charge in [0.05, 0.1) is 4.90 Å². The minimum atomic E-state index is -3.88. The molecule has 0 bridgehead atoms. The van der Waals surface area contributed by atoms with Gasteiger partial charge in [0.2, 0.25) is 9.84 Å². The van der Waals surface area contributed by atoms with Crippen LogP contribution in [0.5, 0.6) is 0 Å². The standard InChI is InChI=1S/C22H29N5O5S/c1-22(2,3)32-21(29)27-12-11-24-15-19(27)33(30,31)18-8-6-17(7-9-18)26-20(28)25-14-16-5-4-10-23-13-16/h4-10,13,19,24H,11-12,14-15H2,1-3H3,(H2,25,26,28). The average Bonchev–Trinajstić information content (AvgIpc) is 2.77. The monoisotopic (exact) mass is 475 g/mol. The molecule has 33 heavy (non-hydrogen) atoms. The summed E-state index contributed by atoms with van der Waals surface area (Å²) < 4.78 is 31.9. The number of urea groups is 1. The van der Waals surface area contributed by atoms with Gasteiger partial charge in [0.15, 0.2) is 5.37 Å². The fraction of sp³-hybridized carbons (Fsp3) is 0.409. The highest BCUT2D eigenvalue weighted by atomic mass is 32.2. The molecule has 1 aromatic heterocycles. The van der Waals surface area contributed by atoms with E-state index in [9.17, 15) is 18.0 Å². The quantitative estimate of drug-likeness (QED) is 0.605. The fourth-order valence-corrected chi connectivity index (χ4v) is 4.92. The highest BCUT2D eigenvalue weighted by Crippen LogP contribution is 2.24. The van der Waals surface area contributed by atoms with Crippen LogP contribution in [0.4, 0.5) is 15.3 Å². The van der Waals surface area contributed by atoms with Crippen LogP contribution < -0.4 is 16.0 Å². The summed E-state index contributed by atoms with van der Waals surface area (Å²) in [4.78, 5) is 30.0. The van der Waals surface area contributed by atoms with Crippen LogP contribution >= 0.6 is 0 Å². The summed E-state index contributed by atoms with van der Waals surface area (Å²) in [6.45, 7) is 6.29. The number of carbonyl (C=O) groups is 2. The SMILES string of the molecule is CC(C)(C)OC(=O)N1CCNCC1S(=O)(=O)c1ccc(NC(=O)NCc2cccnc2)cc1. The summed E-state index contributed by atoms with van der Waals surface area (Å²) in [5, 5.41) is 7.30. The first-order chi connectivity index (χ1) is 15.6. The van der Waals surface area contributed by atoms with Gasteiger partial charge in [-0.3, -0.25) is 9.88 Å². The molecule has 1 aliphatic heterocycles. The molecule has 11 heteroatoms. The van der Waals surface area contributed by atoms with Crippen molar-refractivity contribution in [2.75, 3.05) is 25.0 Å². The van der Waals surface area contributed by atoms with E-state index in [1.807, 2.05) is 6.07 Å². The molecule has 1 fully saturated rings. The molecule has 2 heterocycles. The van der Waals surface area contributed by atoms with Gasteiger partial charge in [-0.2, -0.15) is 0 Å². The van der Waals surface area contributed by atoms with E-state index >= 15 is 0 Å². The molecule has 3 N–H and O–H groups in total. The van der Waals surface area contributed by atoms with Crippen LogP contribution in [0.25, 0.3) is 0 Å². The molecule has 10 nitrogen and oxygen atoms in total. The Morgan fingerprint density at radius 2 is 1.94 bits per heavy atom. The third-order valence-electron chi connectivity index (χ3n) is 4.80. The Labute approximate surface area is 193 Å². The van der Waals surface area contributed by atoms with Crippen molar-refractivity contribution in [3.05, 3.63) is 54.4 Å². The summed E-state index contributed by atoms with van der Waals surface area (Å²) in [5.41, 5.74) is 0.550. The number of amides is 3. The van der Waals surface area contributed by atoms with Gasteiger partial charge in [0.25, 0.3) is 0 Å². The average molecular weight is 476 g/mol. The van der Waals surface area contributed by atoms with E-state index in [1.54, 1.807) is 39.2 Å². The van der Waals surface area contributed by atoms with E-state index in [1.165, 1.54) is 29.2 Å². The van der Waals surface area contributed by atoms with E-state index in [4.69, 9.17) is 4.74 Å². The molecule has 3 rings (SSSR count).